The molecule has 0 bridgehead atoms. The molecule has 220 valence electrons. The van der Waals surface area contributed by atoms with Crippen molar-refractivity contribution in [2.75, 3.05) is 0 Å². The van der Waals surface area contributed by atoms with Crippen molar-refractivity contribution in [3.63, 3.8) is 0 Å². The molecule has 5 heteroatoms. The second-order valence-corrected chi connectivity index (χ2v) is 11.5. The average Bonchev–Trinajstić information content (AvgIpc) is 3.48. The minimum Gasteiger partial charge on any atom is -0.307 e. The fraction of sp³-hybridized carbons (Fsp3) is 0. The van der Waals surface area contributed by atoms with E-state index < -0.39 is 0 Å². The summed E-state index contributed by atoms with van der Waals surface area (Å²) >= 11 is 0. The van der Waals surface area contributed by atoms with Gasteiger partial charge in [0.2, 0.25) is 0 Å². The molecule has 6 aromatic carbocycles. The first kappa shape index (κ1) is 26.9. The van der Waals surface area contributed by atoms with Crippen molar-refractivity contribution in [1.29, 1.82) is 0 Å². The fourth-order valence-corrected chi connectivity index (χ4v) is 6.46. The lowest BCUT2D eigenvalue weighted by molar-refractivity contribution is 1.07. The van der Waals surface area contributed by atoms with Crippen LogP contribution in [0.25, 0.3) is 83.8 Å². The molecule has 0 spiro atoms. The van der Waals surface area contributed by atoms with Gasteiger partial charge in [-0.1, -0.05) is 127 Å². The highest BCUT2D eigenvalue weighted by Gasteiger charge is 2.21. The molecule has 9 rings (SSSR count). The summed E-state index contributed by atoms with van der Waals surface area (Å²) in [5, 5.41) is 2.24. The van der Waals surface area contributed by atoms with Crippen LogP contribution < -0.4 is 0 Å². The van der Waals surface area contributed by atoms with E-state index in [1.54, 1.807) is 0 Å². The van der Waals surface area contributed by atoms with Gasteiger partial charge in [-0.05, 0) is 42.0 Å². The van der Waals surface area contributed by atoms with Crippen molar-refractivity contribution in [2.24, 2.45) is 0 Å². The third kappa shape index (κ3) is 4.64. The molecule has 0 atom stereocenters. The van der Waals surface area contributed by atoms with Gasteiger partial charge in [0.15, 0.2) is 17.5 Å². The van der Waals surface area contributed by atoms with E-state index in [9.17, 15) is 0 Å². The number of fused-ring (bicyclic) bond motifs is 4. The maximum Gasteiger partial charge on any atom is 0.164 e. The number of rotatable bonds is 5. The van der Waals surface area contributed by atoms with Crippen LogP contribution in [0.15, 0.2) is 164 Å². The molecule has 0 radical (unpaired) electrons. The lowest BCUT2D eigenvalue weighted by atomic mass is 9.99. The highest BCUT2D eigenvalue weighted by Crippen LogP contribution is 2.41. The summed E-state index contributed by atoms with van der Waals surface area (Å²) < 4.78 is 2.34. The number of nitrogens with zero attached hydrogens (tertiary/aromatic N) is 5. The quantitative estimate of drug-likeness (QED) is 0.197. The van der Waals surface area contributed by atoms with Crippen LogP contribution in [0.2, 0.25) is 0 Å². The molecular formula is C42H27N5. The highest BCUT2D eigenvalue weighted by atomic mass is 15.0. The molecule has 0 unspecified atom stereocenters. The number of hydrogen-bond acceptors (Lipinski definition) is 4. The summed E-state index contributed by atoms with van der Waals surface area (Å²) in [5.41, 5.74) is 10.3. The molecule has 3 heterocycles. The number of aromatic nitrogens is 5. The van der Waals surface area contributed by atoms with Crippen LogP contribution in [-0.2, 0) is 0 Å². The van der Waals surface area contributed by atoms with E-state index in [1.807, 2.05) is 60.7 Å². The summed E-state index contributed by atoms with van der Waals surface area (Å²) in [6.45, 7) is 0. The molecule has 3 aromatic heterocycles. The van der Waals surface area contributed by atoms with Gasteiger partial charge in [0.25, 0.3) is 0 Å². The third-order valence-corrected chi connectivity index (χ3v) is 8.64. The van der Waals surface area contributed by atoms with Gasteiger partial charge in [0.1, 0.15) is 0 Å². The molecule has 0 amide bonds. The van der Waals surface area contributed by atoms with Gasteiger partial charge in [0.05, 0.1) is 22.1 Å². The van der Waals surface area contributed by atoms with Gasteiger partial charge in [0, 0.05) is 38.7 Å². The predicted molar refractivity (Wildman–Crippen MR) is 191 cm³/mol. The van der Waals surface area contributed by atoms with E-state index in [-0.39, 0.29) is 0 Å². The molecule has 47 heavy (non-hydrogen) atoms. The van der Waals surface area contributed by atoms with E-state index >= 15 is 0 Å². The Hall–Kier alpha value is -6.46. The molecular weight excluding hydrogens is 574 g/mol. The summed E-state index contributed by atoms with van der Waals surface area (Å²) in [7, 11) is 0. The molecule has 0 saturated carbocycles. The Morgan fingerprint density at radius 1 is 0.362 bits per heavy atom. The molecule has 0 aliphatic heterocycles. The van der Waals surface area contributed by atoms with Crippen LogP contribution in [-0.4, -0.2) is 24.5 Å². The average molecular weight is 602 g/mol. The first-order valence-corrected chi connectivity index (χ1v) is 15.7. The van der Waals surface area contributed by atoms with Crippen LogP contribution in [0, 0.1) is 0 Å². The zero-order valence-electron chi connectivity index (χ0n) is 25.3. The molecule has 0 fully saturated rings. The van der Waals surface area contributed by atoms with Crippen molar-refractivity contribution >= 4 is 32.8 Å². The van der Waals surface area contributed by atoms with Gasteiger partial charge >= 0.3 is 0 Å². The Morgan fingerprint density at radius 2 is 0.830 bits per heavy atom. The second kappa shape index (κ2) is 11.2. The van der Waals surface area contributed by atoms with Crippen molar-refractivity contribution in [2.45, 2.75) is 0 Å². The lowest BCUT2D eigenvalue weighted by Gasteiger charge is -2.14. The van der Waals surface area contributed by atoms with Gasteiger partial charge in [-0.2, -0.15) is 0 Å². The Balaban J connectivity index is 1.26. The van der Waals surface area contributed by atoms with E-state index in [2.05, 4.69) is 108 Å². The van der Waals surface area contributed by atoms with Gasteiger partial charge < -0.3 is 4.57 Å². The van der Waals surface area contributed by atoms with Gasteiger partial charge in [-0.25, -0.2) is 19.9 Å². The molecule has 0 saturated heterocycles. The van der Waals surface area contributed by atoms with E-state index in [0.29, 0.717) is 17.5 Å². The van der Waals surface area contributed by atoms with Crippen molar-refractivity contribution < 1.29 is 0 Å². The van der Waals surface area contributed by atoms with Crippen LogP contribution in [0.3, 0.4) is 0 Å². The standard InChI is InChI=1S/C42H27N5/c1-4-14-28(15-5-1)37-33-20-10-12-22-35(33)43-38-34-21-11-13-23-36(34)47(39(37)38)32-26-24-31(25-27-32)42-45-40(29-16-6-2-7-17-29)44-41(46-42)30-18-8-3-9-19-30/h1-27H. The summed E-state index contributed by atoms with van der Waals surface area (Å²) in [6.07, 6.45) is 0. The zero-order valence-corrected chi connectivity index (χ0v) is 25.3. The monoisotopic (exact) mass is 601 g/mol. The number of para-hydroxylation sites is 2. The normalized spacial score (nSPS) is 11.4. The molecule has 5 nitrogen and oxygen atoms in total. The maximum absolute atomic E-state index is 5.23. The SMILES string of the molecule is c1ccc(-c2nc(-c3ccccc3)nc(-c3ccc(-n4c5ccccc5c5nc6ccccc6c(-c6ccccc6)c54)cc3)n2)cc1. The second-order valence-electron chi connectivity index (χ2n) is 11.5. The lowest BCUT2D eigenvalue weighted by Crippen LogP contribution is -2.01. The van der Waals surface area contributed by atoms with E-state index in [4.69, 9.17) is 19.9 Å². The first-order valence-electron chi connectivity index (χ1n) is 15.7. The van der Waals surface area contributed by atoms with Crippen LogP contribution >= 0.6 is 0 Å². The summed E-state index contributed by atoms with van der Waals surface area (Å²) in [4.78, 5) is 20.0. The van der Waals surface area contributed by atoms with E-state index in [0.717, 1.165) is 60.8 Å². The van der Waals surface area contributed by atoms with Gasteiger partial charge in [-0.15, -0.1) is 0 Å². The summed E-state index contributed by atoms with van der Waals surface area (Å²) in [6, 6.07) is 56.2. The van der Waals surface area contributed by atoms with Crippen molar-refractivity contribution in [3.8, 4) is 51.0 Å². The van der Waals surface area contributed by atoms with E-state index in [1.165, 1.54) is 5.56 Å². The Bertz CT molecular complexity index is 2480. The third-order valence-electron chi connectivity index (χ3n) is 8.64. The largest absolute Gasteiger partial charge is 0.307 e. The molecule has 0 N–H and O–H groups in total. The smallest absolute Gasteiger partial charge is 0.164 e. The summed E-state index contributed by atoms with van der Waals surface area (Å²) in [5.74, 6) is 1.92. The Morgan fingerprint density at radius 3 is 1.43 bits per heavy atom. The predicted octanol–water partition coefficient (Wildman–Crippen LogP) is 10.2. The highest BCUT2D eigenvalue weighted by molar-refractivity contribution is 6.18. The zero-order chi connectivity index (χ0) is 31.2. The number of hydrogen-bond donors (Lipinski definition) is 0. The topological polar surface area (TPSA) is 56.5 Å². The minimum absolute atomic E-state index is 0.629. The Kier molecular flexibility index (Phi) is 6.39. The van der Waals surface area contributed by atoms with Crippen LogP contribution in [0.5, 0.6) is 0 Å². The Labute approximate surface area is 271 Å². The minimum atomic E-state index is 0.629. The van der Waals surface area contributed by atoms with Crippen LogP contribution in [0.1, 0.15) is 0 Å². The van der Waals surface area contributed by atoms with Crippen molar-refractivity contribution in [1.82, 2.24) is 24.5 Å². The number of pyridine rings is 1. The first-order chi connectivity index (χ1) is 23.3. The van der Waals surface area contributed by atoms with Crippen LogP contribution in [0.4, 0.5) is 0 Å². The fourth-order valence-electron chi connectivity index (χ4n) is 6.46. The molecule has 0 aliphatic carbocycles. The number of benzene rings is 6. The molecule has 9 aromatic rings. The maximum atomic E-state index is 5.23. The van der Waals surface area contributed by atoms with Crippen molar-refractivity contribution in [3.05, 3.63) is 164 Å². The van der Waals surface area contributed by atoms with Gasteiger partial charge in [-0.3, -0.25) is 0 Å². The molecule has 0 aliphatic rings.